The molecule has 2 heterocycles. The summed E-state index contributed by atoms with van der Waals surface area (Å²) in [5, 5.41) is 5.81. The van der Waals surface area contributed by atoms with E-state index in [0.29, 0.717) is 6.42 Å². The summed E-state index contributed by atoms with van der Waals surface area (Å²) in [6.45, 7) is 1.57. The minimum atomic E-state index is -1.12. The maximum Gasteiger partial charge on any atom is 0.325 e. The Morgan fingerprint density at radius 3 is 2.66 bits per heavy atom. The number of benzene rings is 2. The molecule has 2 aliphatic rings. The predicted octanol–water partition coefficient (Wildman–Crippen LogP) is 3.20. The second-order valence-electron chi connectivity index (χ2n) is 7.24. The Hall–Kier alpha value is -2.80. The van der Waals surface area contributed by atoms with Crippen LogP contribution in [0.25, 0.3) is 0 Å². The molecule has 150 valence electrons. The highest BCUT2D eigenvalue weighted by Crippen LogP contribution is 2.36. The Labute approximate surface area is 174 Å². The normalized spacial score (nSPS) is 23.5. The molecule has 1 fully saturated rings. The van der Waals surface area contributed by atoms with Gasteiger partial charge >= 0.3 is 6.03 Å². The summed E-state index contributed by atoms with van der Waals surface area (Å²) in [6, 6.07) is 16.5. The van der Waals surface area contributed by atoms with Crippen molar-refractivity contribution in [2.24, 2.45) is 0 Å². The molecule has 4 amide bonds. The lowest BCUT2D eigenvalue weighted by molar-refractivity contribution is -0.135. The number of hydrogen-bond acceptors (Lipinski definition) is 4. The Kier molecular flexibility index (Phi) is 5.32. The number of nitrogens with zero attached hydrogens (tertiary/aromatic N) is 1. The fourth-order valence-corrected chi connectivity index (χ4v) is 5.13. The molecule has 2 aromatic rings. The molecule has 2 aromatic carbocycles. The molecule has 2 aliphatic heterocycles. The summed E-state index contributed by atoms with van der Waals surface area (Å²) in [5.74, 6) is 0.198. The van der Waals surface area contributed by atoms with E-state index in [9.17, 15) is 14.4 Å². The molecule has 2 N–H and O–H groups in total. The zero-order chi connectivity index (χ0) is 20.4. The fraction of sp³-hybridized carbons (Fsp3) is 0.318. The van der Waals surface area contributed by atoms with E-state index in [1.807, 2.05) is 61.5 Å². The Balaban J connectivity index is 1.49. The van der Waals surface area contributed by atoms with Crippen LogP contribution in [-0.2, 0) is 15.1 Å². The first-order chi connectivity index (χ1) is 14.0. The van der Waals surface area contributed by atoms with Crippen LogP contribution in [0.1, 0.15) is 36.9 Å². The van der Waals surface area contributed by atoms with Crippen molar-refractivity contribution in [3.05, 3.63) is 65.7 Å². The summed E-state index contributed by atoms with van der Waals surface area (Å²) in [5.41, 5.74) is 0.690. The molecule has 7 heteroatoms. The van der Waals surface area contributed by atoms with Crippen molar-refractivity contribution in [3.8, 4) is 0 Å². The Morgan fingerprint density at radius 1 is 1.17 bits per heavy atom. The molecule has 1 saturated heterocycles. The molecule has 4 rings (SSSR count). The molecule has 6 nitrogen and oxygen atoms in total. The van der Waals surface area contributed by atoms with Crippen LogP contribution in [0.15, 0.2) is 59.5 Å². The van der Waals surface area contributed by atoms with E-state index in [0.717, 1.165) is 33.1 Å². The van der Waals surface area contributed by atoms with Crippen molar-refractivity contribution in [2.75, 3.05) is 12.3 Å². The van der Waals surface area contributed by atoms with Crippen LogP contribution >= 0.6 is 11.8 Å². The number of rotatable bonds is 5. The zero-order valence-electron chi connectivity index (χ0n) is 16.2. The van der Waals surface area contributed by atoms with Crippen molar-refractivity contribution in [1.29, 1.82) is 0 Å². The van der Waals surface area contributed by atoms with Gasteiger partial charge in [-0.1, -0.05) is 55.5 Å². The maximum absolute atomic E-state index is 13.2. The van der Waals surface area contributed by atoms with Crippen molar-refractivity contribution in [1.82, 2.24) is 15.5 Å². The molecule has 0 bridgehead atoms. The molecular formula is C22H23N3O3S. The van der Waals surface area contributed by atoms with Gasteiger partial charge in [0, 0.05) is 10.6 Å². The van der Waals surface area contributed by atoms with Gasteiger partial charge < -0.3 is 10.6 Å². The van der Waals surface area contributed by atoms with Gasteiger partial charge in [-0.3, -0.25) is 14.5 Å². The third-order valence-electron chi connectivity index (χ3n) is 5.57. The first kappa shape index (κ1) is 19.5. The highest BCUT2D eigenvalue weighted by molar-refractivity contribution is 7.99. The number of carbonyl (C=O) groups excluding carboxylic acids is 3. The van der Waals surface area contributed by atoms with E-state index in [1.54, 1.807) is 11.8 Å². The number of carbonyl (C=O) groups is 3. The number of urea groups is 1. The van der Waals surface area contributed by atoms with Crippen LogP contribution in [0.2, 0.25) is 0 Å². The molecule has 0 aliphatic carbocycles. The summed E-state index contributed by atoms with van der Waals surface area (Å²) < 4.78 is 0. The topological polar surface area (TPSA) is 78.5 Å². The number of thioether (sulfide) groups is 1. The number of hydrogen-bond donors (Lipinski definition) is 2. The number of amides is 4. The summed E-state index contributed by atoms with van der Waals surface area (Å²) in [7, 11) is 0. The lowest BCUT2D eigenvalue weighted by Crippen LogP contribution is -2.45. The SMILES string of the molecule is CC[C@]1(c2ccccc2)NC(=O)N(CC(=O)N[C@@H]2CCSc3ccccc32)C1=O. The maximum atomic E-state index is 13.2. The largest absolute Gasteiger partial charge is 0.348 e. The van der Waals surface area contributed by atoms with Crippen LogP contribution in [0.4, 0.5) is 4.79 Å². The monoisotopic (exact) mass is 409 g/mol. The highest BCUT2D eigenvalue weighted by Gasteiger charge is 2.51. The van der Waals surface area contributed by atoms with Crippen molar-refractivity contribution >= 4 is 29.6 Å². The van der Waals surface area contributed by atoms with Gasteiger partial charge in [0.1, 0.15) is 12.1 Å². The van der Waals surface area contributed by atoms with Gasteiger partial charge in [-0.25, -0.2) is 4.79 Å². The number of imide groups is 1. The van der Waals surface area contributed by atoms with Crippen molar-refractivity contribution in [3.63, 3.8) is 0 Å². The Morgan fingerprint density at radius 2 is 1.90 bits per heavy atom. The summed E-state index contributed by atoms with van der Waals surface area (Å²) in [6.07, 6.45) is 1.23. The lowest BCUT2D eigenvalue weighted by atomic mass is 9.87. The zero-order valence-corrected chi connectivity index (χ0v) is 17.0. The van der Waals surface area contributed by atoms with Crippen LogP contribution in [-0.4, -0.2) is 35.0 Å². The quantitative estimate of drug-likeness (QED) is 0.744. The highest BCUT2D eigenvalue weighted by atomic mass is 32.2. The van der Waals surface area contributed by atoms with Gasteiger partial charge in [0.25, 0.3) is 5.91 Å². The third-order valence-corrected chi connectivity index (χ3v) is 6.69. The van der Waals surface area contributed by atoms with Crippen LogP contribution < -0.4 is 10.6 Å². The minimum Gasteiger partial charge on any atom is -0.348 e. The van der Waals surface area contributed by atoms with Gasteiger partial charge in [-0.15, -0.1) is 11.8 Å². The number of nitrogens with one attached hydrogen (secondary N) is 2. The summed E-state index contributed by atoms with van der Waals surface area (Å²) >= 11 is 1.77. The van der Waals surface area contributed by atoms with E-state index in [2.05, 4.69) is 10.6 Å². The lowest BCUT2D eigenvalue weighted by Gasteiger charge is -2.27. The third kappa shape index (κ3) is 3.51. The fourth-order valence-electron chi connectivity index (χ4n) is 4.01. The molecule has 0 spiro atoms. The van der Waals surface area contributed by atoms with E-state index < -0.39 is 11.6 Å². The van der Waals surface area contributed by atoms with Crippen LogP contribution in [0, 0.1) is 0 Å². The van der Waals surface area contributed by atoms with E-state index in [-0.39, 0.29) is 24.4 Å². The van der Waals surface area contributed by atoms with Gasteiger partial charge in [0.2, 0.25) is 5.91 Å². The number of fused-ring (bicyclic) bond motifs is 1. The van der Waals surface area contributed by atoms with Crippen LogP contribution in [0.3, 0.4) is 0 Å². The van der Waals surface area contributed by atoms with E-state index >= 15 is 0 Å². The predicted molar refractivity (Wildman–Crippen MR) is 111 cm³/mol. The molecule has 0 aromatic heterocycles. The van der Waals surface area contributed by atoms with Crippen molar-refractivity contribution in [2.45, 2.75) is 36.2 Å². The molecule has 2 atom stereocenters. The van der Waals surface area contributed by atoms with Gasteiger partial charge in [0.05, 0.1) is 6.04 Å². The smallest absolute Gasteiger partial charge is 0.325 e. The Bertz CT molecular complexity index is 949. The molecule has 0 radical (unpaired) electrons. The van der Waals surface area contributed by atoms with E-state index in [4.69, 9.17) is 0 Å². The van der Waals surface area contributed by atoms with Gasteiger partial charge in [-0.2, -0.15) is 0 Å². The summed E-state index contributed by atoms with van der Waals surface area (Å²) in [4.78, 5) is 40.6. The van der Waals surface area contributed by atoms with Crippen molar-refractivity contribution < 1.29 is 14.4 Å². The second kappa shape index (κ2) is 7.91. The molecule has 0 unspecified atom stereocenters. The first-order valence-electron chi connectivity index (χ1n) is 9.76. The molecule has 0 saturated carbocycles. The minimum absolute atomic E-state index is 0.106. The average molecular weight is 410 g/mol. The molecule has 29 heavy (non-hydrogen) atoms. The first-order valence-corrected chi connectivity index (χ1v) is 10.7. The van der Waals surface area contributed by atoms with E-state index in [1.165, 1.54) is 0 Å². The average Bonchev–Trinajstić information content (AvgIpc) is 3.00. The van der Waals surface area contributed by atoms with Gasteiger partial charge in [0.15, 0.2) is 0 Å². The second-order valence-corrected chi connectivity index (χ2v) is 8.38. The standard InChI is InChI=1S/C22H23N3O3S/c1-2-22(15-8-4-3-5-9-15)20(27)25(21(28)24-22)14-19(26)23-17-12-13-29-18-11-7-6-10-16(17)18/h3-11,17H,2,12-14H2,1H3,(H,23,26)(H,24,28)/t17-,22-/m1/s1. The molecular weight excluding hydrogens is 386 g/mol. The van der Waals surface area contributed by atoms with Gasteiger partial charge in [-0.05, 0) is 30.0 Å². The van der Waals surface area contributed by atoms with Crippen LogP contribution in [0.5, 0.6) is 0 Å².